The first-order valence-electron chi connectivity index (χ1n) is 17.1. The highest BCUT2D eigenvalue weighted by atomic mass is 16.7. The van der Waals surface area contributed by atoms with Crippen LogP contribution in [0.2, 0.25) is 0 Å². The molecule has 47 heavy (non-hydrogen) atoms. The second-order valence-corrected chi connectivity index (χ2v) is 14.1. The molecule has 10 heteroatoms. The molecule has 1 fully saturated rings. The van der Waals surface area contributed by atoms with Crippen LogP contribution in [0.25, 0.3) is 0 Å². The fraction of sp³-hybridized carbons (Fsp3) is 0.730. The van der Waals surface area contributed by atoms with E-state index in [-0.39, 0.29) is 60.4 Å². The predicted molar refractivity (Wildman–Crippen MR) is 180 cm³/mol. The maximum absolute atomic E-state index is 13.5. The molecule has 2 aliphatic rings. The lowest BCUT2D eigenvalue weighted by atomic mass is 9.82. The molecule has 1 aromatic rings. The van der Waals surface area contributed by atoms with Gasteiger partial charge in [-0.25, -0.2) is 0 Å². The summed E-state index contributed by atoms with van der Waals surface area (Å²) in [5.41, 5.74) is 0. The molecule has 0 amide bonds. The van der Waals surface area contributed by atoms with Crippen molar-refractivity contribution < 1.29 is 43.1 Å². The van der Waals surface area contributed by atoms with Gasteiger partial charge >= 0.3 is 5.97 Å². The Morgan fingerprint density at radius 2 is 1.49 bits per heavy atom. The fourth-order valence-electron chi connectivity index (χ4n) is 7.25. The first-order valence-corrected chi connectivity index (χ1v) is 17.1. The molecule has 3 rings (SSSR count). The van der Waals surface area contributed by atoms with E-state index in [1.807, 2.05) is 13.8 Å². The van der Waals surface area contributed by atoms with Crippen molar-refractivity contribution in [2.75, 3.05) is 28.3 Å². The van der Waals surface area contributed by atoms with Gasteiger partial charge in [0.1, 0.15) is 23.7 Å². The van der Waals surface area contributed by atoms with Crippen molar-refractivity contribution in [1.29, 1.82) is 0 Å². The predicted octanol–water partition coefficient (Wildman–Crippen LogP) is 5.30. The highest BCUT2D eigenvalue weighted by Gasteiger charge is 2.45. The lowest BCUT2D eigenvalue weighted by Crippen LogP contribution is -2.56. The zero-order valence-corrected chi connectivity index (χ0v) is 30.3. The van der Waals surface area contributed by atoms with Crippen molar-refractivity contribution in [3.05, 3.63) is 36.4 Å². The number of hydrogen-bond donors (Lipinski definition) is 1. The molecule has 5 unspecified atom stereocenters. The van der Waals surface area contributed by atoms with Crippen LogP contribution in [0.4, 0.5) is 0 Å². The number of aliphatic hydroxyl groups is 1. The normalized spacial score (nSPS) is 38.9. The van der Waals surface area contributed by atoms with Gasteiger partial charge in [0.25, 0.3) is 0 Å². The highest BCUT2D eigenvalue weighted by molar-refractivity contribution is 5.91. The molecule has 2 aliphatic heterocycles. The molecular weight excluding hydrogens is 602 g/mol. The number of ketones is 1. The number of methoxy groups -OCH3 is 2. The lowest BCUT2D eigenvalue weighted by Gasteiger charge is -2.48. The van der Waals surface area contributed by atoms with Gasteiger partial charge in [0.15, 0.2) is 12.1 Å². The largest absolute Gasteiger partial charge is 0.497 e. The number of allylic oxidation sites excluding steroid dienone is 1. The Balaban J connectivity index is 1.92. The Hall–Kier alpha value is -2.50. The summed E-state index contributed by atoms with van der Waals surface area (Å²) in [6.07, 6.45) is -0.121. The van der Waals surface area contributed by atoms with Gasteiger partial charge < -0.3 is 38.4 Å². The molecule has 1 N–H and O–H groups in total. The first-order chi connectivity index (χ1) is 22.2. The van der Waals surface area contributed by atoms with E-state index in [1.165, 1.54) is 6.08 Å². The minimum absolute atomic E-state index is 0.0194. The third kappa shape index (κ3) is 10.5. The van der Waals surface area contributed by atoms with E-state index < -0.39 is 36.8 Å². The van der Waals surface area contributed by atoms with Crippen molar-refractivity contribution >= 4 is 11.8 Å². The number of aliphatic hydroxyl groups excluding tert-OH is 1. The fourth-order valence-corrected chi connectivity index (χ4v) is 7.25. The number of carbonyl (C=O) groups is 2. The standard InChI is InChI=1S/C37H59NO9/c1-21-18-22(2)36(47-37-26(6)34(38(8)9)25(5)27(7)45-37)35(43-11)23(3)19-33(41)44-24(4)20-31(40)32(17-16-30(21)39)46-29-14-12-28(42-10)13-15-29/h12-17,21-27,31-32,34-37,40H,18-20H2,1-11H3/b17-16+/t21-,22+,23-,24-,25?,26?,27?,31+,32+,34?,35+,36+,37?/m1/s1. The Morgan fingerprint density at radius 1 is 0.851 bits per heavy atom. The zero-order valence-electron chi connectivity index (χ0n) is 30.3. The molecule has 0 radical (unpaired) electrons. The van der Waals surface area contributed by atoms with Crippen LogP contribution in [0, 0.1) is 29.6 Å². The summed E-state index contributed by atoms with van der Waals surface area (Å²) in [4.78, 5) is 28.9. The van der Waals surface area contributed by atoms with E-state index in [2.05, 4.69) is 46.7 Å². The van der Waals surface area contributed by atoms with Gasteiger partial charge in [-0.3, -0.25) is 9.59 Å². The number of benzene rings is 1. The molecule has 0 aliphatic carbocycles. The summed E-state index contributed by atoms with van der Waals surface area (Å²) >= 11 is 0. The van der Waals surface area contributed by atoms with E-state index in [9.17, 15) is 14.7 Å². The Labute approximate surface area is 282 Å². The van der Waals surface area contributed by atoms with E-state index in [4.69, 9.17) is 28.4 Å². The Morgan fingerprint density at radius 3 is 2.09 bits per heavy atom. The lowest BCUT2D eigenvalue weighted by molar-refractivity contribution is -0.282. The van der Waals surface area contributed by atoms with E-state index in [0.717, 1.165) is 0 Å². The van der Waals surface area contributed by atoms with Crippen LogP contribution in [0.3, 0.4) is 0 Å². The monoisotopic (exact) mass is 661 g/mol. The van der Waals surface area contributed by atoms with Crippen LogP contribution in [-0.4, -0.2) is 99.0 Å². The second-order valence-electron chi connectivity index (χ2n) is 14.1. The number of esters is 1. The summed E-state index contributed by atoms with van der Waals surface area (Å²) < 4.78 is 36.5. The third-order valence-electron chi connectivity index (χ3n) is 9.97. The van der Waals surface area contributed by atoms with Crippen LogP contribution < -0.4 is 9.47 Å². The van der Waals surface area contributed by atoms with Gasteiger partial charge in [0, 0.05) is 31.4 Å². The van der Waals surface area contributed by atoms with Crippen LogP contribution in [0.1, 0.15) is 67.7 Å². The van der Waals surface area contributed by atoms with Crippen molar-refractivity contribution in [1.82, 2.24) is 4.90 Å². The summed E-state index contributed by atoms with van der Waals surface area (Å²) in [6, 6.07) is 7.23. The molecule has 0 aromatic heterocycles. The quantitative estimate of drug-likeness (QED) is 0.387. The van der Waals surface area contributed by atoms with Crippen LogP contribution in [0.15, 0.2) is 36.4 Å². The molecule has 10 nitrogen and oxygen atoms in total. The number of carbonyl (C=O) groups excluding carboxylic acids is 2. The van der Waals surface area contributed by atoms with Gasteiger partial charge in [-0.1, -0.05) is 34.6 Å². The number of rotatable bonds is 7. The summed E-state index contributed by atoms with van der Waals surface area (Å²) in [6.45, 7) is 14.1. The maximum Gasteiger partial charge on any atom is 0.306 e. The van der Waals surface area contributed by atoms with E-state index in [1.54, 1.807) is 51.5 Å². The van der Waals surface area contributed by atoms with Crippen LogP contribution in [0.5, 0.6) is 11.5 Å². The molecule has 13 atom stereocenters. The van der Waals surface area contributed by atoms with Crippen molar-refractivity contribution in [2.45, 2.75) is 117 Å². The average Bonchev–Trinajstić information content (AvgIpc) is 3.00. The molecule has 0 saturated carbocycles. The zero-order chi connectivity index (χ0) is 35.0. The van der Waals surface area contributed by atoms with Crippen molar-refractivity contribution in [3.8, 4) is 11.5 Å². The van der Waals surface area contributed by atoms with Gasteiger partial charge in [-0.2, -0.15) is 0 Å². The highest BCUT2D eigenvalue weighted by Crippen LogP contribution is 2.37. The summed E-state index contributed by atoms with van der Waals surface area (Å²) in [5.74, 6) is 0.338. The Kier molecular flexibility index (Phi) is 14.7. The third-order valence-corrected chi connectivity index (χ3v) is 9.97. The second kappa shape index (κ2) is 17.8. The van der Waals surface area contributed by atoms with E-state index in [0.29, 0.717) is 23.8 Å². The van der Waals surface area contributed by atoms with Crippen LogP contribution in [-0.2, 0) is 28.5 Å². The SMILES string of the molecule is COc1ccc(O[C@H]2/C=C/C(=O)[C@H](C)C[C@H](C)[C@H](OC3OC(C)C(C)C(N(C)C)C3C)[C@@H](OC)[C@H](C)CC(=O)O[C@H](C)C[C@@H]2O)cc1. The molecular formula is C37H59NO9. The number of cyclic esters (lactones) is 1. The van der Waals surface area contributed by atoms with Crippen LogP contribution >= 0.6 is 0 Å². The summed E-state index contributed by atoms with van der Waals surface area (Å²) in [7, 11) is 7.38. The van der Waals surface area contributed by atoms with Gasteiger partial charge in [-0.05, 0) is 88.5 Å². The Bertz CT molecular complexity index is 1160. The van der Waals surface area contributed by atoms with Crippen molar-refractivity contribution in [3.63, 3.8) is 0 Å². The molecule has 1 aromatic carbocycles. The topological polar surface area (TPSA) is 113 Å². The molecule has 0 spiro atoms. The number of ether oxygens (including phenoxy) is 6. The molecule has 2 heterocycles. The number of nitrogens with zero attached hydrogens (tertiary/aromatic N) is 1. The summed E-state index contributed by atoms with van der Waals surface area (Å²) in [5, 5.41) is 11.2. The smallest absolute Gasteiger partial charge is 0.306 e. The van der Waals surface area contributed by atoms with E-state index >= 15 is 0 Å². The van der Waals surface area contributed by atoms with Gasteiger partial charge in [0.2, 0.25) is 0 Å². The molecule has 0 bridgehead atoms. The maximum atomic E-state index is 13.5. The minimum atomic E-state index is -1.04. The average molecular weight is 662 g/mol. The number of hydrogen-bond acceptors (Lipinski definition) is 10. The van der Waals surface area contributed by atoms with Gasteiger partial charge in [0.05, 0.1) is 37.9 Å². The van der Waals surface area contributed by atoms with Gasteiger partial charge in [-0.15, -0.1) is 0 Å². The first kappa shape index (κ1) is 38.9. The molecule has 1 saturated heterocycles. The molecule has 266 valence electrons. The van der Waals surface area contributed by atoms with Crippen molar-refractivity contribution in [2.24, 2.45) is 29.6 Å². The minimum Gasteiger partial charge on any atom is -0.497 e.